The van der Waals surface area contributed by atoms with Crippen LogP contribution in [0.3, 0.4) is 0 Å². The maximum absolute atomic E-state index is 5.71. The molecule has 0 spiro atoms. The molecule has 0 aliphatic carbocycles. The van der Waals surface area contributed by atoms with Crippen LogP contribution in [0.1, 0.15) is 0 Å². The van der Waals surface area contributed by atoms with Gasteiger partial charge >= 0.3 is 45.4 Å². The van der Waals surface area contributed by atoms with Crippen molar-refractivity contribution < 1.29 is 0 Å². The molecule has 0 nitrogen and oxygen atoms in total. The zero-order valence-corrected chi connectivity index (χ0v) is 6.04. The second-order valence-corrected chi connectivity index (χ2v) is 6.38. The Morgan fingerprint density at radius 2 is 1.67 bits per heavy atom. The van der Waals surface area contributed by atoms with Gasteiger partial charge in [-0.15, -0.1) is 0 Å². The molecule has 0 aromatic rings. The van der Waals surface area contributed by atoms with Crippen LogP contribution in [0.5, 0.6) is 0 Å². The minimum absolute atomic E-state index is 1.16. The van der Waals surface area contributed by atoms with E-state index in [-0.39, 0.29) is 0 Å². The van der Waals surface area contributed by atoms with E-state index in [9.17, 15) is 0 Å². The summed E-state index contributed by atoms with van der Waals surface area (Å²) < 4.78 is 0. The molecule has 2 heteroatoms. The average molecular weight is 160 g/mol. The van der Waals surface area contributed by atoms with Crippen molar-refractivity contribution in [2.24, 2.45) is 0 Å². The van der Waals surface area contributed by atoms with Crippen LogP contribution in [0.15, 0.2) is 22.0 Å². The molecule has 6 heavy (non-hydrogen) atoms. The third-order valence-electron chi connectivity index (χ3n) is 0.622. The van der Waals surface area contributed by atoms with Crippen LogP contribution < -0.4 is 0 Å². The van der Waals surface area contributed by atoms with Crippen molar-refractivity contribution in [1.82, 2.24) is 0 Å². The van der Waals surface area contributed by atoms with E-state index in [1.165, 1.54) is 0 Å². The van der Waals surface area contributed by atoms with E-state index in [0.717, 1.165) is 0 Å². The Balaban J connectivity index is 2.60. The van der Waals surface area contributed by atoms with Gasteiger partial charge < -0.3 is 0 Å². The van der Waals surface area contributed by atoms with Crippen molar-refractivity contribution in [3.63, 3.8) is 0 Å². The summed E-state index contributed by atoms with van der Waals surface area (Å²) in [5.41, 5.74) is 0. The molecule has 31 valence electrons. The van der Waals surface area contributed by atoms with E-state index < -0.39 is 13.4 Å². The molecule has 1 aliphatic rings. The summed E-state index contributed by atoms with van der Waals surface area (Å²) in [6.45, 7) is 0. The van der Waals surface area contributed by atoms with Crippen molar-refractivity contribution in [3.05, 3.63) is 22.0 Å². The molecular formula is C4H4ClGe. The predicted molar refractivity (Wildman–Crippen MR) is 29.9 cm³/mol. The quantitative estimate of drug-likeness (QED) is 0.470. The zero-order chi connectivity index (χ0) is 4.41. The summed E-state index contributed by atoms with van der Waals surface area (Å²) in [6, 6.07) is 0. The molecule has 1 rings (SSSR count). The van der Waals surface area contributed by atoms with Crippen molar-refractivity contribution in [3.8, 4) is 0 Å². The van der Waals surface area contributed by atoms with Crippen LogP contribution >= 0.6 is 10.0 Å². The first-order chi connectivity index (χ1) is 2.89. The SMILES string of the molecule is [Cl][Ge]1[CH]=CC=[CH]1. The van der Waals surface area contributed by atoms with E-state index >= 15 is 0 Å². The summed E-state index contributed by atoms with van der Waals surface area (Å²) in [5, 5.41) is 0. The third-order valence-corrected chi connectivity index (χ3v) is 4.08. The summed E-state index contributed by atoms with van der Waals surface area (Å²) in [6.07, 6.45) is 4.03. The molecule has 0 saturated carbocycles. The van der Waals surface area contributed by atoms with Crippen LogP contribution in [0.4, 0.5) is 0 Å². The number of hydrogen-bond acceptors (Lipinski definition) is 0. The summed E-state index contributed by atoms with van der Waals surface area (Å²) >= 11 is -1.16. The van der Waals surface area contributed by atoms with Gasteiger partial charge in [-0.05, 0) is 0 Å². The van der Waals surface area contributed by atoms with Crippen molar-refractivity contribution >= 4 is 23.4 Å². The van der Waals surface area contributed by atoms with Gasteiger partial charge in [0.2, 0.25) is 0 Å². The van der Waals surface area contributed by atoms with Gasteiger partial charge in [-0.2, -0.15) is 0 Å². The van der Waals surface area contributed by atoms with Gasteiger partial charge in [0.1, 0.15) is 0 Å². The Hall–Kier alpha value is 0.313. The molecule has 0 aromatic carbocycles. The normalized spacial score (nSPS) is 20.2. The van der Waals surface area contributed by atoms with E-state index in [4.69, 9.17) is 10.0 Å². The average Bonchev–Trinajstić information content (AvgIpc) is 1.86. The minimum atomic E-state index is -1.16. The molecule has 1 heterocycles. The van der Waals surface area contributed by atoms with E-state index in [2.05, 4.69) is 9.82 Å². The molecule has 0 N–H and O–H groups in total. The standard InChI is InChI=1S/C4H4ClGe/c5-6-3-1-2-4-6/h1-4H. The van der Waals surface area contributed by atoms with Gasteiger partial charge in [-0.25, -0.2) is 0 Å². The molecule has 1 aliphatic heterocycles. The van der Waals surface area contributed by atoms with Crippen LogP contribution in [-0.4, -0.2) is 13.4 Å². The van der Waals surface area contributed by atoms with Gasteiger partial charge in [0.05, 0.1) is 0 Å². The second-order valence-electron chi connectivity index (χ2n) is 1.10. The molecular weight excluding hydrogens is 156 g/mol. The molecule has 0 amide bonds. The van der Waals surface area contributed by atoms with Gasteiger partial charge in [-0.1, -0.05) is 0 Å². The number of rotatable bonds is 0. The molecule has 0 bridgehead atoms. The molecule has 1 radical (unpaired) electrons. The third kappa shape index (κ3) is 0.885. The Kier molecular flexibility index (Phi) is 1.38. The number of halogens is 1. The van der Waals surface area contributed by atoms with Crippen LogP contribution in [0, 0.1) is 0 Å². The molecule has 0 fully saturated rings. The fourth-order valence-corrected chi connectivity index (χ4v) is 2.58. The zero-order valence-electron chi connectivity index (χ0n) is 3.19. The number of allylic oxidation sites excluding steroid dienone is 2. The first-order valence-electron chi connectivity index (χ1n) is 1.77. The van der Waals surface area contributed by atoms with Gasteiger partial charge in [0.25, 0.3) is 0 Å². The van der Waals surface area contributed by atoms with Gasteiger partial charge in [0.15, 0.2) is 0 Å². The maximum atomic E-state index is 5.71. The summed E-state index contributed by atoms with van der Waals surface area (Å²) in [5.74, 6) is 0. The van der Waals surface area contributed by atoms with Crippen LogP contribution in [0.25, 0.3) is 0 Å². The fraction of sp³-hybridized carbons (Fsp3) is 0. The van der Waals surface area contributed by atoms with Crippen molar-refractivity contribution in [1.29, 1.82) is 0 Å². The first-order valence-corrected chi connectivity index (χ1v) is 6.95. The second kappa shape index (κ2) is 1.85. The Morgan fingerprint density at radius 1 is 1.17 bits per heavy atom. The Labute approximate surface area is 45.8 Å². The molecule has 0 saturated heterocycles. The summed E-state index contributed by atoms with van der Waals surface area (Å²) in [4.78, 5) is 4.20. The van der Waals surface area contributed by atoms with Gasteiger partial charge in [-0.3, -0.25) is 0 Å². The first kappa shape index (κ1) is 4.47. The Morgan fingerprint density at radius 3 is 1.83 bits per heavy atom. The topological polar surface area (TPSA) is 0 Å². The molecule has 0 atom stereocenters. The molecule has 0 unspecified atom stereocenters. The Bertz CT molecular complexity index is 83.7. The number of hydrogen-bond donors (Lipinski definition) is 0. The van der Waals surface area contributed by atoms with E-state index in [0.29, 0.717) is 0 Å². The van der Waals surface area contributed by atoms with Crippen molar-refractivity contribution in [2.75, 3.05) is 0 Å². The summed E-state index contributed by atoms with van der Waals surface area (Å²) in [7, 11) is 5.71. The van der Waals surface area contributed by atoms with E-state index in [1.807, 2.05) is 12.2 Å². The molecule has 0 aromatic heterocycles. The predicted octanol–water partition coefficient (Wildman–Crippen LogP) is 1.42. The van der Waals surface area contributed by atoms with Crippen molar-refractivity contribution in [2.45, 2.75) is 0 Å². The van der Waals surface area contributed by atoms with Crippen LogP contribution in [-0.2, 0) is 0 Å². The monoisotopic (exact) mass is 161 g/mol. The van der Waals surface area contributed by atoms with Gasteiger partial charge in [0, 0.05) is 0 Å². The van der Waals surface area contributed by atoms with Crippen LogP contribution in [0.2, 0.25) is 0 Å². The van der Waals surface area contributed by atoms with E-state index in [1.54, 1.807) is 0 Å². The fourth-order valence-electron chi connectivity index (χ4n) is 0.351.